The van der Waals surface area contributed by atoms with E-state index >= 15 is 0 Å². The van der Waals surface area contributed by atoms with Crippen LogP contribution in [0, 0.1) is 0 Å². The maximum Gasteiger partial charge on any atom is 0.337 e. The van der Waals surface area contributed by atoms with Gasteiger partial charge in [-0.05, 0) is 30.3 Å². The van der Waals surface area contributed by atoms with Gasteiger partial charge < -0.3 is 14.5 Å². The Balaban J connectivity index is 2.04. The molecule has 1 N–H and O–H groups in total. The lowest BCUT2D eigenvalue weighted by Crippen LogP contribution is -2.22. The number of benzene rings is 1. The van der Waals surface area contributed by atoms with E-state index in [1.165, 1.54) is 13.2 Å². The largest absolute Gasteiger partial charge is 0.467 e. The van der Waals surface area contributed by atoms with Crippen LogP contribution in [0.15, 0.2) is 47.1 Å². The minimum atomic E-state index is -0.472. The Bertz CT molecular complexity index is 575. The van der Waals surface area contributed by atoms with Crippen molar-refractivity contribution < 1.29 is 18.7 Å². The van der Waals surface area contributed by atoms with Gasteiger partial charge >= 0.3 is 5.97 Å². The standard InChI is InChI=1S/C14H13NO4/c1-18-14(17)11-5-2-4-10(8-11)13(16)15-9-12-6-3-7-19-12/h2-8H,9H2,1H3,(H,15,16). The molecule has 1 amide bonds. The fourth-order valence-corrected chi connectivity index (χ4v) is 1.59. The zero-order chi connectivity index (χ0) is 13.7. The summed E-state index contributed by atoms with van der Waals surface area (Å²) >= 11 is 0. The first kappa shape index (κ1) is 12.9. The number of esters is 1. The van der Waals surface area contributed by atoms with Gasteiger partial charge in [0.1, 0.15) is 5.76 Å². The van der Waals surface area contributed by atoms with E-state index < -0.39 is 5.97 Å². The third kappa shape index (κ3) is 3.22. The summed E-state index contributed by atoms with van der Waals surface area (Å²) in [5.41, 5.74) is 0.739. The first-order valence-electron chi connectivity index (χ1n) is 5.69. The average Bonchev–Trinajstić information content (AvgIpc) is 2.97. The van der Waals surface area contributed by atoms with Crippen molar-refractivity contribution in [3.05, 3.63) is 59.5 Å². The predicted molar refractivity (Wildman–Crippen MR) is 67.7 cm³/mol. The lowest BCUT2D eigenvalue weighted by Gasteiger charge is -2.05. The highest BCUT2D eigenvalue weighted by Gasteiger charge is 2.10. The summed E-state index contributed by atoms with van der Waals surface area (Å²) in [6.07, 6.45) is 1.54. The molecule has 0 saturated heterocycles. The number of methoxy groups -OCH3 is 1. The number of amides is 1. The molecule has 2 rings (SSSR count). The van der Waals surface area contributed by atoms with Crippen LogP contribution in [-0.2, 0) is 11.3 Å². The van der Waals surface area contributed by atoms with Crippen LogP contribution in [0.5, 0.6) is 0 Å². The second-order valence-electron chi connectivity index (χ2n) is 3.83. The molecular formula is C14H13NO4. The molecule has 1 aromatic heterocycles. The monoisotopic (exact) mass is 259 g/mol. The Labute approximate surface area is 110 Å². The van der Waals surface area contributed by atoms with Gasteiger partial charge in [0.25, 0.3) is 5.91 Å². The van der Waals surface area contributed by atoms with E-state index in [1.807, 2.05) is 0 Å². The van der Waals surface area contributed by atoms with Crippen LogP contribution in [-0.4, -0.2) is 19.0 Å². The number of carbonyl (C=O) groups excluding carboxylic acids is 2. The third-order valence-corrected chi connectivity index (χ3v) is 2.55. The van der Waals surface area contributed by atoms with Crippen molar-refractivity contribution in [1.82, 2.24) is 5.32 Å². The molecule has 2 aromatic rings. The molecule has 0 atom stereocenters. The van der Waals surface area contributed by atoms with E-state index in [4.69, 9.17) is 4.42 Å². The van der Waals surface area contributed by atoms with E-state index in [-0.39, 0.29) is 5.91 Å². The van der Waals surface area contributed by atoms with Crippen LogP contribution in [0.25, 0.3) is 0 Å². The second kappa shape index (κ2) is 5.86. The van der Waals surface area contributed by atoms with Gasteiger partial charge in [-0.25, -0.2) is 4.79 Å². The summed E-state index contributed by atoms with van der Waals surface area (Å²) in [7, 11) is 1.30. The molecule has 0 unspecified atom stereocenters. The molecular weight excluding hydrogens is 246 g/mol. The Kier molecular flexibility index (Phi) is 3.97. The number of ether oxygens (including phenoxy) is 1. The van der Waals surface area contributed by atoms with Crippen molar-refractivity contribution in [2.45, 2.75) is 6.54 Å². The third-order valence-electron chi connectivity index (χ3n) is 2.55. The quantitative estimate of drug-likeness (QED) is 0.853. The van der Waals surface area contributed by atoms with Crippen LogP contribution in [0.4, 0.5) is 0 Å². The number of nitrogens with one attached hydrogen (secondary N) is 1. The SMILES string of the molecule is COC(=O)c1cccc(C(=O)NCc2ccco2)c1. The van der Waals surface area contributed by atoms with E-state index in [9.17, 15) is 9.59 Å². The molecule has 19 heavy (non-hydrogen) atoms. The van der Waals surface area contributed by atoms with Gasteiger partial charge in [0.2, 0.25) is 0 Å². The van der Waals surface area contributed by atoms with Gasteiger partial charge in [-0.2, -0.15) is 0 Å². The molecule has 98 valence electrons. The summed E-state index contributed by atoms with van der Waals surface area (Å²) in [6.45, 7) is 0.300. The molecule has 5 nitrogen and oxygen atoms in total. The van der Waals surface area contributed by atoms with Gasteiger partial charge in [0.05, 0.1) is 25.5 Å². The molecule has 1 aromatic carbocycles. The molecule has 0 aliphatic heterocycles. The lowest BCUT2D eigenvalue weighted by atomic mass is 10.1. The molecule has 0 aliphatic carbocycles. The fraction of sp³-hybridized carbons (Fsp3) is 0.143. The topological polar surface area (TPSA) is 68.5 Å². The highest BCUT2D eigenvalue weighted by Crippen LogP contribution is 2.07. The molecule has 0 aliphatic rings. The number of rotatable bonds is 4. The second-order valence-corrected chi connectivity index (χ2v) is 3.83. The maximum atomic E-state index is 11.9. The summed E-state index contributed by atoms with van der Waals surface area (Å²) in [5.74, 6) is -0.0830. The zero-order valence-electron chi connectivity index (χ0n) is 10.4. The van der Waals surface area contributed by atoms with Crippen LogP contribution >= 0.6 is 0 Å². The van der Waals surface area contributed by atoms with Gasteiger partial charge in [-0.3, -0.25) is 4.79 Å². The Morgan fingerprint density at radius 2 is 2.00 bits per heavy atom. The molecule has 1 heterocycles. The van der Waals surface area contributed by atoms with Crippen molar-refractivity contribution in [1.29, 1.82) is 0 Å². The molecule has 0 radical (unpaired) electrons. The first-order chi connectivity index (χ1) is 9.20. The van der Waals surface area contributed by atoms with Crippen LogP contribution in [0.1, 0.15) is 26.5 Å². The molecule has 0 fully saturated rings. The van der Waals surface area contributed by atoms with Gasteiger partial charge in [-0.15, -0.1) is 0 Å². The van der Waals surface area contributed by atoms with Crippen molar-refractivity contribution in [3.63, 3.8) is 0 Å². The van der Waals surface area contributed by atoms with Gasteiger partial charge in [0.15, 0.2) is 0 Å². The Morgan fingerprint density at radius 1 is 1.21 bits per heavy atom. The average molecular weight is 259 g/mol. The highest BCUT2D eigenvalue weighted by molar-refractivity contribution is 5.97. The Hall–Kier alpha value is -2.56. The molecule has 0 saturated carbocycles. The number of carbonyl (C=O) groups is 2. The van der Waals surface area contributed by atoms with Crippen LogP contribution < -0.4 is 5.32 Å². The van der Waals surface area contributed by atoms with Gasteiger partial charge in [0, 0.05) is 5.56 Å². The minimum absolute atomic E-state index is 0.276. The predicted octanol–water partition coefficient (Wildman–Crippen LogP) is 2.00. The normalized spacial score (nSPS) is 9.95. The van der Waals surface area contributed by atoms with Crippen molar-refractivity contribution in [2.24, 2.45) is 0 Å². The smallest absolute Gasteiger partial charge is 0.337 e. The molecule has 0 spiro atoms. The number of hydrogen-bond acceptors (Lipinski definition) is 4. The van der Waals surface area contributed by atoms with E-state index in [0.717, 1.165) is 0 Å². The maximum absolute atomic E-state index is 11.9. The van der Waals surface area contributed by atoms with Crippen LogP contribution in [0.2, 0.25) is 0 Å². The first-order valence-corrected chi connectivity index (χ1v) is 5.69. The van der Waals surface area contributed by atoms with E-state index in [1.54, 1.807) is 36.6 Å². The Morgan fingerprint density at radius 3 is 2.68 bits per heavy atom. The summed E-state index contributed by atoms with van der Waals surface area (Å²) in [6, 6.07) is 9.86. The van der Waals surface area contributed by atoms with E-state index in [0.29, 0.717) is 23.4 Å². The minimum Gasteiger partial charge on any atom is -0.467 e. The molecule has 0 bridgehead atoms. The van der Waals surface area contributed by atoms with Crippen molar-refractivity contribution >= 4 is 11.9 Å². The fourth-order valence-electron chi connectivity index (χ4n) is 1.59. The summed E-state index contributed by atoms with van der Waals surface area (Å²) < 4.78 is 9.71. The van der Waals surface area contributed by atoms with Crippen molar-refractivity contribution in [3.8, 4) is 0 Å². The number of furan rings is 1. The number of hydrogen-bond donors (Lipinski definition) is 1. The van der Waals surface area contributed by atoms with Crippen molar-refractivity contribution in [2.75, 3.05) is 7.11 Å². The van der Waals surface area contributed by atoms with E-state index in [2.05, 4.69) is 10.1 Å². The zero-order valence-corrected chi connectivity index (χ0v) is 10.4. The lowest BCUT2D eigenvalue weighted by molar-refractivity contribution is 0.0600. The highest BCUT2D eigenvalue weighted by atomic mass is 16.5. The van der Waals surface area contributed by atoms with Crippen LogP contribution in [0.3, 0.4) is 0 Å². The van der Waals surface area contributed by atoms with Gasteiger partial charge in [-0.1, -0.05) is 6.07 Å². The summed E-state index contributed by atoms with van der Waals surface area (Å²) in [5, 5.41) is 2.70. The molecule has 5 heteroatoms. The summed E-state index contributed by atoms with van der Waals surface area (Å²) in [4.78, 5) is 23.3.